The van der Waals surface area contributed by atoms with Crippen molar-refractivity contribution < 1.29 is 24.2 Å². The molecule has 1 aliphatic rings. The van der Waals surface area contributed by atoms with Crippen molar-refractivity contribution in [1.29, 1.82) is 0 Å². The predicted octanol–water partition coefficient (Wildman–Crippen LogP) is 0.682. The summed E-state index contributed by atoms with van der Waals surface area (Å²) in [6.07, 6.45) is 0. The molecule has 3 N–H and O–H groups in total. The quantitative estimate of drug-likeness (QED) is 0.723. The first kappa shape index (κ1) is 22.9. The summed E-state index contributed by atoms with van der Waals surface area (Å²) in [5.41, 5.74) is 7.03. The number of aromatic nitrogens is 2. The molecule has 1 aromatic heterocycles. The van der Waals surface area contributed by atoms with Crippen molar-refractivity contribution in [1.82, 2.24) is 14.5 Å². The number of carboxylic acids is 1. The van der Waals surface area contributed by atoms with Crippen molar-refractivity contribution in [2.75, 3.05) is 20.3 Å². The Labute approximate surface area is 173 Å². The van der Waals surface area contributed by atoms with Crippen molar-refractivity contribution in [3.8, 4) is 11.5 Å². The maximum Gasteiger partial charge on any atom is 0.300 e. The Hall–Kier alpha value is -3.40. The van der Waals surface area contributed by atoms with E-state index in [1.165, 1.54) is 11.7 Å². The maximum absolute atomic E-state index is 12.9. The number of aryl methyl sites for hydroxylation is 1. The summed E-state index contributed by atoms with van der Waals surface area (Å²) in [5, 5.41) is 7.42. The molecule has 10 heteroatoms. The molecular formula is C20H26N4O6. The fraction of sp³-hybridized carbons (Fsp3) is 0.400. The van der Waals surface area contributed by atoms with Gasteiger partial charge in [0.25, 0.3) is 17.4 Å². The summed E-state index contributed by atoms with van der Waals surface area (Å²) >= 11 is 0. The van der Waals surface area contributed by atoms with E-state index in [-0.39, 0.29) is 18.0 Å². The molecule has 0 saturated carbocycles. The van der Waals surface area contributed by atoms with E-state index in [2.05, 4.69) is 4.98 Å². The number of nitrogens with two attached hydrogens (primary N) is 1. The molecule has 0 saturated heterocycles. The lowest BCUT2D eigenvalue weighted by atomic mass is 10.1. The lowest BCUT2D eigenvalue weighted by Crippen LogP contribution is -2.27. The number of hydrogen-bond donors (Lipinski definition) is 2. The third-order valence-electron chi connectivity index (χ3n) is 4.46. The summed E-state index contributed by atoms with van der Waals surface area (Å²) in [6, 6.07) is 5.00. The second-order valence-electron chi connectivity index (χ2n) is 6.63. The zero-order chi connectivity index (χ0) is 22.4. The molecular weight excluding hydrogens is 392 g/mol. The highest BCUT2D eigenvalue weighted by Gasteiger charge is 2.29. The molecule has 3 rings (SSSR count). The number of ether oxygens (including phenoxy) is 2. The topological polar surface area (TPSA) is 137 Å². The zero-order valence-corrected chi connectivity index (χ0v) is 17.5. The molecule has 1 amide bonds. The number of carbonyl (C=O) groups is 2. The van der Waals surface area contributed by atoms with Gasteiger partial charge in [-0.3, -0.25) is 19.0 Å². The second kappa shape index (κ2) is 9.88. The van der Waals surface area contributed by atoms with Gasteiger partial charge >= 0.3 is 0 Å². The van der Waals surface area contributed by atoms with Gasteiger partial charge in [0.05, 0.1) is 31.5 Å². The summed E-state index contributed by atoms with van der Waals surface area (Å²) in [4.78, 5) is 40.3. The third-order valence-corrected chi connectivity index (χ3v) is 4.46. The molecule has 0 aliphatic carbocycles. The highest BCUT2D eigenvalue weighted by Crippen LogP contribution is 2.29. The third kappa shape index (κ3) is 5.15. The lowest BCUT2D eigenvalue weighted by Gasteiger charge is -2.16. The van der Waals surface area contributed by atoms with E-state index in [0.29, 0.717) is 53.8 Å². The van der Waals surface area contributed by atoms with E-state index in [4.69, 9.17) is 25.1 Å². The van der Waals surface area contributed by atoms with Crippen LogP contribution in [0.2, 0.25) is 0 Å². The first-order valence-corrected chi connectivity index (χ1v) is 9.24. The Kier molecular flexibility index (Phi) is 7.54. The van der Waals surface area contributed by atoms with E-state index < -0.39 is 5.97 Å². The van der Waals surface area contributed by atoms with Gasteiger partial charge in [0.2, 0.25) is 0 Å². The van der Waals surface area contributed by atoms with Crippen LogP contribution in [0.15, 0.2) is 23.0 Å². The van der Waals surface area contributed by atoms with Gasteiger partial charge in [-0.15, -0.1) is 0 Å². The highest BCUT2D eigenvalue weighted by atomic mass is 16.5. The Morgan fingerprint density at radius 2 is 1.93 bits per heavy atom. The predicted molar refractivity (Wildman–Crippen MR) is 109 cm³/mol. The first-order chi connectivity index (χ1) is 14.2. The van der Waals surface area contributed by atoms with Crippen LogP contribution in [0.25, 0.3) is 0 Å². The molecule has 2 heterocycles. The van der Waals surface area contributed by atoms with Crippen LogP contribution in [0.1, 0.15) is 34.4 Å². The van der Waals surface area contributed by atoms with Gasteiger partial charge in [-0.25, -0.2) is 4.98 Å². The summed E-state index contributed by atoms with van der Waals surface area (Å²) in [5.74, 6) is 0.605. The van der Waals surface area contributed by atoms with Crippen LogP contribution in [-0.2, 0) is 24.9 Å². The Bertz CT molecular complexity index is 998. The van der Waals surface area contributed by atoms with E-state index in [1.807, 2.05) is 0 Å². The molecule has 0 radical (unpaired) electrons. The molecule has 0 unspecified atom stereocenters. The van der Waals surface area contributed by atoms with E-state index in [0.717, 1.165) is 6.92 Å². The van der Waals surface area contributed by atoms with Gasteiger partial charge in [-0.05, 0) is 25.1 Å². The van der Waals surface area contributed by atoms with Crippen LogP contribution in [0.4, 0.5) is 0 Å². The van der Waals surface area contributed by atoms with E-state index >= 15 is 0 Å². The second-order valence-corrected chi connectivity index (χ2v) is 6.63. The van der Waals surface area contributed by atoms with Crippen molar-refractivity contribution in [2.24, 2.45) is 12.8 Å². The Morgan fingerprint density at radius 3 is 2.53 bits per heavy atom. The van der Waals surface area contributed by atoms with Crippen LogP contribution in [0, 0.1) is 6.92 Å². The molecule has 10 nitrogen and oxygen atoms in total. The van der Waals surface area contributed by atoms with Gasteiger partial charge < -0.3 is 25.2 Å². The Balaban J connectivity index is 0.000000735. The highest BCUT2D eigenvalue weighted by molar-refractivity contribution is 5.95. The number of methoxy groups -OCH3 is 1. The van der Waals surface area contributed by atoms with Crippen molar-refractivity contribution in [3.63, 3.8) is 0 Å². The Morgan fingerprint density at radius 1 is 1.27 bits per heavy atom. The average molecular weight is 418 g/mol. The number of benzene rings is 1. The van der Waals surface area contributed by atoms with Crippen LogP contribution in [0.3, 0.4) is 0 Å². The SMILES string of the molecule is CC(=O)O.COc1cc(C(=O)N2Cc3nc(C)n(C)c(=O)c3C2)ccc1OCCN. The largest absolute Gasteiger partial charge is 0.493 e. The molecule has 162 valence electrons. The van der Waals surface area contributed by atoms with Crippen LogP contribution in [0.5, 0.6) is 11.5 Å². The van der Waals surface area contributed by atoms with Crippen LogP contribution >= 0.6 is 0 Å². The number of carbonyl (C=O) groups excluding carboxylic acids is 1. The van der Waals surface area contributed by atoms with Crippen LogP contribution in [-0.4, -0.2) is 51.7 Å². The van der Waals surface area contributed by atoms with Crippen molar-refractivity contribution >= 4 is 11.9 Å². The summed E-state index contributed by atoms with van der Waals surface area (Å²) in [7, 11) is 3.20. The number of fused-ring (bicyclic) bond motifs is 1. The van der Waals surface area contributed by atoms with E-state index in [1.54, 1.807) is 37.1 Å². The fourth-order valence-electron chi connectivity index (χ4n) is 2.94. The number of nitrogens with zero attached hydrogens (tertiary/aromatic N) is 3. The minimum absolute atomic E-state index is 0.106. The number of carboxylic acid groups (broad SMARTS) is 1. The molecule has 30 heavy (non-hydrogen) atoms. The van der Waals surface area contributed by atoms with Gasteiger partial charge in [0.1, 0.15) is 12.4 Å². The normalized spacial score (nSPS) is 12.0. The monoisotopic (exact) mass is 418 g/mol. The standard InChI is InChI=1S/C18H22N4O4.C2H4O2/c1-11-20-14-10-22(9-13(14)18(24)21(11)2)17(23)12-4-5-15(26-7-6-19)16(8-12)25-3;1-2(3)4/h4-5,8H,6-7,9-10,19H2,1-3H3;1H3,(H,3,4). The number of aliphatic carboxylic acids is 1. The maximum atomic E-state index is 12.9. The molecule has 0 fully saturated rings. The molecule has 0 atom stereocenters. The van der Waals surface area contributed by atoms with Gasteiger partial charge in [-0.2, -0.15) is 0 Å². The van der Waals surface area contributed by atoms with Gasteiger partial charge in [0, 0.05) is 26.1 Å². The zero-order valence-electron chi connectivity index (χ0n) is 17.5. The van der Waals surface area contributed by atoms with Crippen molar-refractivity contribution in [2.45, 2.75) is 26.9 Å². The number of amides is 1. The minimum Gasteiger partial charge on any atom is -0.493 e. The van der Waals surface area contributed by atoms with Gasteiger partial charge in [-0.1, -0.05) is 0 Å². The molecule has 2 aromatic rings. The first-order valence-electron chi connectivity index (χ1n) is 9.24. The molecule has 1 aliphatic heterocycles. The van der Waals surface area contributed by atoms with E-state index in [9.17, 15) is 9.59 Å². The van der Waals surface area contributed by atoms with Gasteiger partial charge in [0.15, 0.2) is 11.5 Å². The lowest BCUT2D eigenvalue weighted by molar-refractivity contribution is -0.134. The minimum atomic E-state index is -0.833. The fourth-order valence-corrected chi connectivity index (χ4v) is 2.94. The molecule has 1 aromatic carbocycles. The van der Waals surface area contributed by atoms with Crippen molar-refractivity contribution in [3.05, 3.63) is 51.2 Å². The average Bonchev–Trinajstić information content (AvgIpc) is 3.13. The number of rotatable bonds is 5. The molecule has 0 spiro atoms. The smallest absolute Gasteiger partial charge is 0.300 e. The number of hydrogen-bond acceptors (Lipinski definition) is 7. The summed E-state index contributed by atoms with van der Waals surface area (Å²) in [6.45, 7) is 4.18. The van der Waals surface area contributed by atoms with Crippen LogP contribution < -0.4 is 20.8 Å². The summed E-state index contributed by atoms with van der Waals surface area (Å²) < 4.78 is 12.3. The molecule has 0 bridgehead atoms.